The van der Waals surface area contributed by atoms with Crippen molar-refractivity contribution in [1.82, 2.24) is 9.97 Å². The summed E-state index contributed by atoms with van der Waals surface area (Å²) in [5.74, 6) is 0. The maximum Gasteiger partial charge on any atom is 2.00 e. The van der Waals surface area contributed by atoms with E-state index in [1.165, 1.54) is 10.3 Å². The van der Waals surface area contributed by atoms with Gasteiger partial charge in [0.25, 0.3) is 0 Å². The van der Waals surface area contributed by atoms with Gasteiger partial charge in [0.05, 0.1) is 0 Å². The van der Waals surface area contributed by atoms with Crippen LogP contribution in [0.25, 0.3) is 10.8 Å². The van der Waals surface area contributed by atoms with Crippen molar-refractivity contribution in [3.05, 3.63) is 71.0 Å². The fourth-order valence-electron chi connectivity index (χ4n) is 1.32. The van der Waals surface area contributed by atoms with Crippen LogP contribution in [0.2, 0.25) is 0 Å². The monoisotopic (exact) mass is 420 g/mol. The number of thiocarbonyl (C=S) groups is 2. The van der Waals surface area contributed by atoms with Gasteiger partial charge < -0.3 is 21.0 Å². The molecular weight excluding hydrogens is 403 g/mol. The quantitative estimate of drug-likeness (QED) is 0.446. The smallest absolute Gasteiger partial charge is 0.753 e. The molecule has 25 heavy (non-hydrogen) atoms. The Balaban J connectivity index is -0.000000287. The number of hydrogen-bond donors (Lipinski definition) is 2. The van der Waals surface area contributed by atoms with E-state index in [1.807, 2.05) is 36.4 Å². The van der Waals surface area contributed by atoms with E-state index in [4.69, 9.17) is 21.0 Å². The molecule has 0 aromatic carbocycles. The van der Waals surface area contributed by atoms with Crippen LogP contribution in [0.5, 0.6) is 0 Å². The van der Waals surface area contributed by atoms with Crippen LogP contribution in [0.4, 0.5) is 0 Å². The second-order valence-electron chi connectivity index (χ2n) is 3.77. The molecule has 0 aliphatic rings. The second-order valence-corrected chi connectivity index (χ2v) is 4.14. The fraction of sp³-hybridized carbons (Fsp3) is 0.250. The van der Waals surface area contributed by atoms with Crippen molar-refractivity contribution in [2.75, 3.05) is 13.2 Å². The van der Waals surface area contributed by atoms with E-state index in [9.17, 15) is 0 Å². The normalized spacial score (nSPS) is 7.44. The minimum Gasteiger partial charge on any atom is -0.753 e. The zero-order chi connectivity index (χ0) is 18.5. The van der Waals surface area contributed by atoms with Crippen molar-refractivity contribution in [1.29, 1.82) is 0 Å². The van der Waals surface area contributed by atoms with Gasteiger partial charge in [-0.3, -0.25) is 9.97 Å². The molecule has 6 nitrogen and oxygen atoms in total. The van der Waals surface area contributed by atoms with Gasteiger partial charge in [0, 0.05) is 49.8 Å². The number of pyridine rings is 2. The average Bonchev–Trinajstić information content (AvgIpc) is 2.59. The molecule has 0 saturated heterocycles. The summed E-state index contributed by atoms with van der Waals surface area (Å²) in [6.45, 7) is 0.355. The molecular formula is C16H18N4NiO2S2. The van der Waals surface area contributed by atoms with Crippen LogP contribution in [-0.4, -0.2) is 43.7 Å². The molecule has 0 amide bonds. The molecule has 2 rings (SSSR count). The Hall–Kier alpha value is -1.69. The summed E-state index contributed by atoms with van der Waals surface area (Å²) >= 11 is 7.40. The molecule has 0 radical (unpaired) electrons. The van der Waals surface area contributed by atoms with E-state index in [1.54, 1.807) is 12.4 Å². The second kappa shape index (κ2) is 24.6. The van der Waals surface area contributed by atoms with Gasteiger partial charge in [0.1, 0.15) is 0 Å². The summed E-state index contributed by atoms with van der Waals surface area (Å²) in [4.78, 5) is 8.02. The first-order valence-electron chi connectivity index (χ1n) is 6.74. The van der Waals surface area contributed by atoms with Gasteiger partial charge in [-0.25, -0.2) is 0 Å². The van der Waals surface area contributed by atoms with Crippen LogP contribution in [0.15, 0.2) is 48.8 Å². The number of aliphatic hydroxyl groups is 2. The van der Waals surface area contributed by atoms with Crippen LogP contribution >= 0.6 is 24.4 Å². The van der Waals surface area contributed by atoms with Gasteiger partial charge in [-0.15, -0.1) is 0 Å². The fourth-order valence-corrected chi connectivity index (χ4v) is 1.32. The Labute approximate surface area is 168 Å². The number of isothiocyanates is 2. The first kappa shape index (κ1) is 28.1. The van der Waals surface area contributed by atoms with E-state index in [0.717, 1.165) is 11.4 Å². The van der Waals surface area contributed by atoms with Crippen LogP contribution in [0.1, 0.15) is 11.4 Å². The van der Waals surface area contributed by atoms with Gasteiger partial charge in [-0.05, 0) is 24.3 Å². The number of hydrogen-bond acceptors (Lipinski definition) is 6. The third-order valence-corrected chi connectivity index (χ3v) is 2.19. The molecule has 0 aliphatic heterocycles. The molecule has 2 aromatic rings. The van der Waals surface area contributed by atoms with Crippen LogP contribution in [0.3, 0.4) is 0 Å². The third kappa shape index (κ3) is 22.3. The first-order chi connectivity index (χ1) is 11.7. The van der Waals surface area contributed by atoms with Crippen LogP contribution in [-0.2, 0) is 29.3 Å². The van der Waals surface area contributed by atoms with Crippen molar-refractivity contribution in [3.63, 3.8) is 0 Å². The molecule has 0 spiro atoms. The van der Waals surface area contributed by atoms with E-state index in [0.29, 0.717) is 12.8 Å². The van der Waals surface area contributed by atoms with Gasteiger partial charge in [-0.2, -0.15) is 10.3 Å². The average molecular weight is 421 g/mol. The number of nitrogens with zero attached hydrogens (tertiary/aromatic N) is 4. The largest absolute Gasteiger partial charge is 2.00 e. The zero-order valence-corrected chi connectivity index (χ0v) is 15.9. The molecule has 2 N–H and O–H groups in total. The summed E-state index contributed by atoms with van der Waals surface area (Å²) in [5.41, 5.74) is 1.89. The maximum absolute atomic E-state index is 8.48. The van der Waals surface area contributed by atoms with Crippen molar-refractivity contribution in [2.24, 2.45) is 0 Å². The molecule has 0 aliphatic carbocycles. The Morgan fingerprint density at radius 3 is 1.32 bits per heavy atom. The minimum atomic E-state index is 0. The predicted molar refractivity (Wildman–Crippen MR) is 102 cm³/mol. The van der Waals surface area contributed by atoms with Crippen molar-refractivity contribution in [3.8, 4) is 0 Å². The molecule has 2 heterocycles. The number of aromatic nitrogens is 2. The molecule has 0 bridgehead atoms. The standard InChI is InChI=1S/2C7H9NO.2CNS.Ni/c2*9-6-4-7-3-1-2-5-8-7;2*2-1-3;/h2*1-3,5,9H,4,6H2;;;/q;;2*-1;+2. The molecule has 136 valence electrons. The van der Waals surface area contributed by atoms with E-state index in [-0.39, 0.29) is 29.7 Å². The molecule has 0 saturated carbocycles. The first-order valence-corrected chi connectivity index (χ1v) is 7.55. The molecule has 0 fully saturated rings. The van der Waals surface area contributed by atoms with Gasteiger partial charge in [0.15, 0.2) is 0 Å². The summed E-state index contributed by atoms with van der Waals surface area (Å²) in [6.07, 6.45) is 4.76. The van der Waals surface area contributed by atoms with E-state index in [2.05, 4.69) is 34.4 Å². The summed E-state index contributed by atoms with van der Waals surface area (Å²) in [6, 6.07) is 11.4. The van der Waals surface area contributed by atoms with Gasteiger partial charge in [0.2, 0.25) is 0 Å². The SMILES string of the molecule is OCCc1ccccn1.OCCc1ccccn1.[N-]=C=S.[N-]=C=S.[Ni+2]. The summed E-state index contributed by atoms with van der Waals surface area (Å²) < 4.78 is 0. The number of aliphatic hydroxyl groups excluding tert-OH is 2. The van der Waals surface area contributed by atoms with E-state index < -0.39 is 0 Å². The molecule has 2 aromatic heterocycles. The van der Waals surface area contributed by atoms with Crippen molar-refractivity contribution < 1.29 is 26.7 Å². The Morgan fingerprint density at radius 1 is 0.800 bits per heavy atom. The molecule has 0 atom stereocenters. The predicted octanol–water partition coefficient (Wildman–Crippen LogP) is 2.55. The van der Waals surface area contributed by atoms with Gasteiger partial charge >= 0.3 is 16.5 Å². The topological polar surface area (TPSA) is 111 Å². The molecule has 9 heteroatoms. The van der Waals surface area contributed by atoms with Crippen molar-refractivity contribution in [2.45, 2.75) is 12.8 Å². The Bertz CT molecular complexity index is 524. The van der Waals surface area contributed by atoms with Crippen LogP contribution in [0, 0.1) is 0 Å². The molecule has 0 unspecified atom stereocenters. The van der Waals surface area contributed by atoms with Gasteiger partial charge in [-0.1, -0.05) is 36.6 Å². The summed E-state index contributed by atoms with van der Waals surface area (Å²) in [7, 11) is 0. The Kier molecular flexibility index (Phi) is 27.6. The summed E-state index contributed by atoms with van der Waals surface area (Å²) in [5, 5.41) is 33.9. The maximum atomic E-state index is 8.48. The third-order valence-electron chi connectivity index (χ3n) is 2.19. The van der Waals surface area contributed by atoms with Crippen molar-refractivity contribution >= 4 is 34.8 Å². The Morgan fingerprint density at radius 2 is 1.12 bits per heavy atom. The number of rotatable bonds is 4. The van der Waals surface area contributed by atoms with Crippen LogP contribution < -0.4 is 0 Å². The van der Waals surface area contributed by atoms with E-state index >= 15 is 0 Å². The zero-order valence-electron chi connectivity index (χ0n) is 13.3. The minimum absolute atomic E-state index is 0.